The average molecular weight is 320 g/mol. The van der Waals surface area contributed by atoms with Crippen molar-refractivity contribution in [2.24, 2.45) is 4.99 Å². The van der Waals surface area contributed by atoms with Crippen molar-refractivity contribution < 1.29 is 9.13 Å². The van der Waals surface area contributed by atoms with E-state index in [1.54, 1.807) is 7.05 Å². The average Bonchev–Trinajstić information content (AvgIpc) is 2.58. The van der Waals surface area contributed by atoms with Gasteiger partial charge < -0.3 is 15.4 Å². The Morgan fingerprint density at radius 2 is 2.09 bits per heavy atom. The Labute approximate surface area is 137 Å². The number of nitrogens with one attached hydrogen (secondary N) is 2. The lowest BCUT2D eigenvalue weighted by atomic mass is 10.1. The summed E-state index contributed by atoms with van der Waals surface area (Å²) in [5.41, 5.74) is 0.880. The Hall–Kier alpha value is -2.13. The summed E-state index contributed by atoms with van der Waals surface area (Å²) in [6.45, 7) is 4.65. The molecule has 0 spiro atoms. The number of ether oxygens (including phenoxy) is 1. The van der Waals surface area contributed by atoms with Gasteiger partial charge in [-0.2, -0.15) is 5.26 Å². The van der Waals surface area contributed by atoms with Crippen LogP contribution < -0.4 is 10.6 Å². The van der Waals surface area contributed by atoms with Crippen molar-refractivity contribution in [1.29, 1.82) is 5.26 Å². The van der Waals surface area contributed by atoms with Gasteiger partial charge in [0.05, 0.1) is 11.6 Å². The van der Waals surface area contributed by atoms with Gasteiger partial charge >= 0.3 is 0 Å². The Kier molecular flexibility index (Phi) is 9.41. The van der Waals surface area contributed by atoms with E-state index in [0.717, 1.165) is 32.4 Å². The summed E-state index contributed by atoms with van der Waals surface area (Å²) in [5.74, 6) is 0.261. The van der Waals surface area contributed by atoms with Crippen LogP contribution in [0.4, 0.5) is 4.39 Å². The monoisotopic (exact) mass is 320 g/mol. The number of nitrogens with zero attached hydrogens (tertiary/aromatic N) is 2. The van der Waals surface area contributed by atoms with Crippen LogP contribution in [0.5, 0.6) is 0 Å². The predicted octanol–water partition coefficient (Wildman–Crippen LogP) is 2.57. The molecule has 0 heterocycles. The molecule has 0 bridgehead atoms. The Morgan fingerprint density at radius 3 is 2.78 bits per heavy atom. The third kappa shape index (κ3) is 7.61. The predicted molar refractivity (Wildman–Crippen MR) is 89.7 cm³/mol. The lowest BCUT2D eigenvalue weighted by Gasteiger charge is -2.12. The number of rotatable bonds is 9. The van der Waals surface area contributed by atoms with Crippen molar-refractivity contribution in [3.63, 3.8) is 0 Å². The standard InChI is InChI=1S/C17H25FN4O/c1-3-4-9-23-10-5-8-21-17(20-2)22-13-15-11-14(12-19)6-7-16(15)18/h6-7,11H,3-5,8-10,13H2,1-2H3,(H2,20,21,22). The molecule has 0 aliphatic carbocycles. The molecule has 1 aromatic rings. The summed E-state index contributed by atoms with van der Waals surface area (Å²) < 4.78 is 19.2. The van der Waals surface area contributed by atoms with Gasteiger partial charge in [-0.25, -0.2) is 4.39 Å². The zero-order valence-corrected chi connectivity index (χ0v) is 13.9. The zero-order valence-electron chi connectivity index (χ0n) is 13.9. The van der Waals surface area contributed by atoms with Crippen molar-refractivity contribution in [2.45, 2.75) is 32.7 Å². The maximum atomic E-state index is 13.7. The van der Waals surface area contributed by atoms with Crippen molar-refractivity contribution >= 4 is 5.96 Å². The fraction of sp³-hybridized carbons (Fsp3) is 0.529. The van der Waals surface area contributed by atoms with Gasteiger partial charge in [0.1, 0.15) is 5.82 Å². The maximum Gasteiger partial charge on any atom is 0.191 e. The molecule has 0 atom stereocenters. The molecule has 0 radical (unpaired) electrons. The van der Waals surface area contributed by atoms with Gasteiger partial charge in [0, 0.05) is 38.9 Å². The van der Waals surface area contributed by atoms with E-state index in [0.29, 0.717) is 23.7 Å². The highest BCUT2D eigenvalue weighted by Crippen LogP contribution is 2.09. The molecule has 0 amide bonds. The molecule has 0 aromatic heterocycles. The molecule has 0 saturated heterocycles. The minimum atomic E-state index is -0.337. The van der Waals surface area contributed by atoms with Crippen molar-refractivity contribution in [2.75, 3.05) is 26.8 Å². The second-order valence-electron chi connectivity index (χ2n) is 5.09. The molecule has 6 heteroatoms. The Morgan fingerprint density at radius 1 is 1.30 bits per heavy atom. The number of benzene rings is 1. The lowest BCUT2D eigenvalue weighted by molar-refractivity contribution is 0.129. The third-order valence-electron chi connectivity index (χ3n) is 3.24. The Bertz CT molecular complexity index is 540. The number of halogens is 1. The molecule has 0 fully saturated rings. The molecule has 23 heavy (non-hydrogen) atoms. The van der Waals surface area contributed by atoms with Gasteiger partial charge in [0.2, 0.25) is 0 Å². The number of nitriles is 1. The fourth-order valence-electron chi connectivity index (χ4n) is 1.91. The van der Waals surface area contributed by atoms with E-state index in [4.69, 9.17) is 10.00 Å². The quantitative estimate of drug-likeness (QED) is 0.417. The van der Waals surface area contributed by atoms with E-state index < -0.39 is 0 Å². The molecule has 126 valence electrons. The first-order chi connectivity index (χ1) is 11.2. The van der Waals surface area contributed by atoms with Gasteiger partial charge in [0.15, 0.2) is 5.96 Å². The van der Waals surface area contributed by atoms with E-state index in [1.165, 1.54) is 18.2 Å². The van der Waals surface area contributed by atoms with Crippen molar-refractivity contribution in [3.8, 4) is 6.07 Å². The SMILES string of the molecule is CCCCOCCCNC(=NC)NCc1cc(C#N)ccc1F. The second kappa shape index (κ2) is 11.4. The largest absolute Gasteiger partial charge is 0.381 e. The lowest BCUT2D eigenvalue weighted by Crippen LogP contribution is -2.37. The topological polar surface area (TPSA) is 69.4 Å². The second-order valence-corrected chi connectivity index (χ2v) is 5.09. The first kappa shape index (κ1) is 18.9. The summed E-state index contributed by atoms with van der Waals surface area (Å²) in [4.78, 5) is 4.09. The molecule has 2 N–H and O–H groups in total. The van der Waals surface area contributed by atoms with Crippen molar-refractivity contribution in [1.82, 2.24) is 10.6 Å². The summed E-state index contributed by atoms with van der Waals surface area (Å²) in [7, 11) is 1.66. The van der Waals surface area contributed by atoms with E-state index in [9.17, 15) is 4.39 Å². The third-order valence-corrected chi connectivity index (χ3v) is 3.24. The summed E-state index contributed by atoms with van der Waals surface area (Å²) in [6, 6.07) is 6.31. The van der Waals surface area contributed by atoms with Gasteiger partial charge in [-0.05, 0) is 31.0 Å². The van der Waals surface area contributed by atoms with Crippen molar-refractivity contribution in [3.05, 3.63) is 35.1 Å². The molecule has 0 aliphatic heterocycles. The molecule has 1 rings (SSSR count). The summed E-state index contributed by atoms with van der Waals surface area (Å²) >= 11 is 0. The highest BCUT2D eigenvalue weighted by Gasteiger charge is 2.05. The van der Waals surface area contributed by atoms with Crippen LogP contribution in [0.3, 0.4) is 0 Å². The molecule has 0 saturated carbocycles. The zero-order chi connectivity index (χ0) is 16.9. The van der Waals surface area contributed by atoms with E-state index >= 15 is 0 Å². The highest BCUT2D eigenvalue weighted by atomic mass is 19.1. The van der Waals surface area contributed by atoms with Crippen LogP contribution in [0.1, 0.15) is 37.3 Å². The minimum Gasteiger partial charge on any atom is -0.381 e. The van der Waals surface area contributed by atoms with Crippen LogP contribution in [0.2, 0.25) is 0 Å². The Balaban J connectivity index is 2.31. The first-order valence-electron chi connectivity index (χ1n) is 7.92. The molecule has 0 aliphatic rings. The maximum absolute atomic E-state index is 13.7. The van der Waals surface area contributed by atoms with E-state index in [-0.39, 0.29) is 12.4 Å². The van der Waals surface area contributed by atoms with Gasteiger partial charge in [-0.15, -0.1) is 0 Å². The number of aliphatic imine (C=N–C) groups is 1. The normalized spacial score (nSPS) is 11.1. The van der Waals surface area contributed by atoms with Crippen LogP contribution in [0.15, 0.2) is 23.2 Å². The van der Waals surface area contributed by atoms with E-state index in [1.807, 2.05) is 6.07 Å². The fourth-order valence-corrected chi connectivity index (χ4v) is 1.91. The molecular weight excluding hydrogens is 295 g/mol. The number of hydrogen-bond acceptors (Lipinski definition) is 3. The van der Waals surface area contributed by atoms with Gasteiger partial charge in [-0.3, -0.25) is 4.99 Å². The van der Waals surface area contributed by atoms with Crippen LogP contribution >= 0.6 is 0 Å². The minimum absolute atomic E-state index is 0.272. The van der Waals surface area contributed by atoms with Crippen LogP contribution in [-0.2, 0) is 11.3 Å². The van der Waals surface area contributed by atoms with E-state index in [2.05, 4.69) is 22.5 Å². The summed E-state index contributed by atoms with van der Waals surface area (Å²) in [6.07, 6.45) is 3.10. The smallest absolute Gasteiger partial charge is 0.191 e. The number of unbranched alkanes of at least 4 members (excludes halogenated alkanes) is 1. The highest BCUT2D eigenvalue weighted by molar-refractivity contribution is 5.79. The van der Waals surface area contributed by atoms with Gasteiger partial charge in [-0.1, -0.05) is 13.3 Å². The molecule has 5 nitrogen and oxygen atoms in total. The molecular formula is C17H25FN4O. The van der Waals surface area contributed by atoms with Crippen LogP contribution in [0, 0.1) is 17.1 Å². The molecule has 0 unspecified atom stereocenters. The molecule has 1 aromatic carbocycles. The number of guanidine groups is 1. The first-order valence-corrected chi connectivity index (χ1v) is 7.92. The summed E-state index contributed by atoms with van der Waals surface area (Å²) in [5, 5.41) is 15.0. The van der Waals surface area contributed by atoms with Crippen LogP contribution in [-0.4, -0.2) is 32.8 Å². The van der Waals surface area contributed by atoms with Gasteiger partial charge in [0.25, 0.3) is 0 Å². The number of hydrogen-bond donors (Lipinski definition) is 2. The van der Waals surface area contributed by atoms with Crippen LogP contribution in [0.25, 0.3) is 0 Å².